The van der Waals surface area contributed by atoms with Gasteiger partial charge in [-0.05, 0) is 30.4 Å². The first-order chi connectivity index (χ1) is 12.1. The number of para-hydroxylation sites is 1. The highest BCUT2D eigenvalue weighted by molar-refractivity contribution is 8.00. The zero-order valence-corrected chi connectivity index (χ0v) is 17.8. The summed E-state index contributed by atoms with van der Waals surface area (Å²) in [5.41, 5.74) is 10.0. The third kappa shape index (κ3) is 4.59. The summed E-state index contributed by atoms with van der Waals surface area (Å²) in [7, 11) is 0. The third-order valence-electron chi connectivity index (χ3n) is 3.71. The molecule has 0 radical (unpaired) electrons. The molecule has 4 N–H and O–H groups in total. The molecule has 0 aliphatic rings. The Morgan fingerprint density at radius 2 is 2.12 bits per heavy atom. The fourth-order valence-corrected chi connectivity index (χ4v) is 5.01. The maximum atomic E-state index is 7.65. The molecule has 4 nitrogen and oxygen atoms in total. The molecule has 0 fully saturated rings. The van der Waals surface area contributed by atoms with Crippen LogP contribution < -0.4 is 11.1 Å². The Bertz CT molecular complexity index is 888. The average Bonchev–Trinajstić information content (AvgIpc) is 3.23. The van der Waals surface area contributed by atoms with Gasteiger partial charge in [0.2, 0.25) is 0 Å². The molecular weight excluding hydrogens is 404 g/mol. The van der Waals surface area contributed by atoms with Crippen molar-refractivity contribution >= 4 is 63.5 Å². The van der Waals surface area contributed by atoms with E-state index in [1.165, 1.54) is 5.56 Å². The van der Waals surface area contributed by atoms with Crippen molar-refractivity contribution in [2.24, 2.45) is 5.73 Å². The smallest absolute Gasteiger partial charge is 0.187 e. The predicted molar refractivity (Wildman–Crippen MR) is 119 cm³/mol. The van der Waals surface area contributed by atoms with E-state index in [1.807, 2.05) is 18.4 Å². The van der Waals surface area contributed by atoms with E-state index in [0.717, 1.165) is 44.0 Å². The van der Waals surface area contributed by atoms with Gasteiger partial charge in [0, 0.05) is 16.6 Å². The topological polar surface area (TPSA) is 74.8 Å². The Kier molecular flexibility index (Phi) is 7.52. The van der Waals surface area contributed by atoms with E-state index < -0.39 is 0 Å². The second-order valence-electron chi connectivity index (χ2n) is 5.50. The number of benzene rings is 1. The van der Waals surface area contributed by atoms with Crippen LogP contribution in [-0.2, 0) is 6.42 Å². The number of nitrogens with one attached hydrogen (secondary N) is 2. The summed E-state index contributed by atoms with van der Waals surface area (Å²) in [6, 6.07) is 10.3. The molecule has 2 aromatic heterocycles. The summed E-state index contributed by atoms with van der Waals surface area (Å²) in [6.45, 7) is 2.19. The zero-order valence-electron chi connectivity index (χ0n) is 14.5. The van der Waals surface area contributed by atoms with E-state index in [2.05, 4.69) is 35.8 Å². The normalized spacial score (nSPS) is 10.4. The fraction of sp³-hybridized carbons (Fsp3) is 0.222. The number of thiazole rings is 1. The van der Waals surface area contributed by atoms with Crippen molar-refractivity contribution in [1.29, 1.82) is 5.41 Å². The van der Waals surface area contributed by atoms with Crippen LogP contribution in [0, 0.1) is 5.41 Å². The Morgan fingerprint density at radius 1 is 1.35 bits per heavy atom. The van der Waals surface area contributed by atoms with Crippen molar-refractivity contribution in [2.45, 2.75) is 24.0 Å². The highest BCUT2D eigenvalue weighted by atomic mass is 35.5. The van der Waals surface area contributed by atoms with Gasteiger partial charge in [-0.2, -0.15) is 0 Å². The lowest BCUT2D eigenvalue weighted by Gasteiger charge is -2.08. The molecule has 3 rings (SSSR count). The van der Waals surface area contributed by atoms with Crippen LogP contribution in [0.2, 0.25) is 0 Å². The molecule has 0 saturated heterocycles. The first kappa shape index (κ1) is 20.8. The average molecular weight is 425 g/mol. The Hall–Kier alpha value is -1.54. The quantitative estimate of drug-likeness (QED) is 0.247. The number of hydrogen-bond acceptors (Lipinski definition) is 6. The van der Waals surface area contributed by atoms with Crippen molar-refractivity contribution < 1.29 is 0 Å². The number of hydrogen-bond donors (Lipinski definition) is 3. The maximum Gasteiger partial charge on any atom is 0.187 e. The van der Waals surface area contributed by atoms with Gasteiger partial charge in [-0.1, -0.05) is 31.5 Å². The molecule has 0 aliphatic heterocycles. The number of aryl methyl sites for hydroxylation is 1. The Labute approximate surface area is 172 Å². The SMILES string of the molecule is CCCc1ccccc1Nc1nc(-c2cc(C(=N)N)sc2SC)cs1.Cl. The van der Waals surface area contributed by atoms with Gasteiger partial charge in [0.1, 0.15) is 5.84 Å². The Morgan fingerprint density at radius 3 is 2.81 bits per heavy atom. The Balaban J connectivity index is 0.00000243. The lowest BCUT2D eigenvalue weighted by molar-refractivity contribution is 0.923. The summed E-state index contributed by atoms with van der Waals surface area (Å²) in [6.07, 6.45) is 4.19. The number of thioether (sulfide) groups is 1. The number of anilines is 2. The minimum absolute atomic E-state index is 0. The maximum absolute atomic E-state index is 7.65. The van der Waals surface area contributed by atoms with Gasteiger partial charge in [-0.25, -0.2) is 4.98 Å². The molecule has 0 amide bonds. The van der Waals surface area contributed by atoms with E-state index in [4.69, 9.17) is 16.1 Å². The molecular formula is C18H21ClN4S3. The van der Waals surface area contributed by atoms with Gasteiger partial charge in [0.05, 0.1) is 14.8 Å². The van der Waals surface area contributed by atoms with Crippen LogP contribution in [-0.4, -0.2) is 17.1 Å². The molecule has 0 atom stereocenters. The number of aromatic nitrogens is 1. The largest absolute Gasteiger partial charge is 0.383 e. The van der Waals surface area contributed by atoms with Gasteiger partial charge in [0.25, 0.3) is 0 Å². The standard InChI is InChI=1S/C18H20N4S3.ClH/c1-3-6-11-7-4-5-8-13(11)21-18-22-14(10-24-18)12-9-15(16(19)20)25-17(12)23-2;/h4-5,7-10H,3,6H2,1-2H3,(H3,19,20)(H,21,22);1H. The summed E-state index contributed by atoms with van der Waals surface area (Å²) in [4.78, 5) is 5.53. The number of nitrogens with two attached hydrogens (primary N) is 1. The highest BCUT2D eigenvalue weighted by Crippen LogP contribution is 2.39. The summed E-state index contributed by atoms with van der Waals surface area (Å²) in [5.74, 6) is 0.105. The van der Waals surface area contributed by atoms with Gasteiger partial charge in [-0.15, -0.1) is 46.8 Å². The number of thiophene rings is 1. The summed E-state index contributed by atoms with van der Waals surface area (Å²) in [5, 5.41) is 14.0. The molecule has 2 heterocycles. The first-order valence-corrected chi connectivity index (χ1v) is 10.9. The highest BCUT2D eigenvalue weighted by Gasteiger charge is 2.15. The van der Waals surface area contributed by atoms with Crippen molar-refractivity contribution in [1.82, 2.24) is 4.98 Å². The van der Waals surface area contributed by atoms with Crippen molar-refractivity contribution in [2.75, 3.05) is 11.6 Å². The van der Waals surface area contributed by atoms with Gasteiger partial charge in [0.15, 0.2) is 5.13 Å². The van der Waals surface area contributed by atoms with Crippen molar-refractivity contribution in [3.05, 3.63) is 46.2 Å². The molecule has 0 unspecified atom stereocenters. The lowest BCUT2D eigenvalue weighted by Crippen LogP contribution is -2.08. The second-order valence-corrected chi connectivity index (χ2v) is 8.48. The zero-order chi connectivity index (χ0) is 17.8. The van der Waals surface area contributed by atoms with Gasteiger partial charge >= 0.3 is 0 Å². The monoisotopic (exact) mass is 424 g/mol. The number of rotatable bonds is 7. The second kappa shape index (κ2) is 9.41. The molecule has 0 spiro atoms. The molecule has 3 aromatic rings. The minimum atomic E-state index is 0. The minimum Gasteiger partial charge on any atom is -0.383 e. The van der Waals surface area contributed by atoms with Crippen LogP contribution in [0.3, 0.4) is 0 Å². The first-order valence-electron chi connectivity index (χ1n) is 7.95. The lowest BCUT2D eigenvalue weighted by atomic mass is 10.1. The number of halogens is 1. The third-order valence-corrected chi connectivity index (χ3v) is 6.77. The summed E-state index contributed by atoms with van der Waals surface area (Å²) < 4.78 is 1.13. The number of amidine groups is 1. The van der Waals surface area contributed by atoms with Gasteiger partial charge < -0.3 is 11.1 Å². The van der Waals surface area contributed by atoms with Crippen molar-refractivity contribution in [3.63, 3.8) is 0 Å². The van der Waals surface area contributed by atoms with Crippen LogP contribution in [0.15, 0.2) is 39.9 Å². The van der Waals surface area contributed by atoms with E-state index in [1.54, 1.807) is 34.4 Å². The van der Waals surface area contributed by atoms with E-state index in [-0.39, 0.29) is 18.2 Å². The van der Waals surface area contributed by atoms with Crippen LogP contribution in [0.4, 0.5) is 10.8 Å². The van der Waals surface area contributed by atoms with Crippen LogP contribution in [0.1, 0.15) is 23.8 Å². The summed E-state index contributed by atoms with van der Waals surface area (Å²) >= 11 is 4.79. The van der Waals surface area contributed by atoms with Crippen LogP contribution in [0.25, 0.3) is 11.3 Å². The molecule has 0 aliphatic carbocycles. The molecule has 1 aromatic carbocycles. The number of nitrogens with zero attached hydrogens (tertiary/aromatic N) is 1. The fourth-order valence-electron chi connectivity index (χ4n) is 2.54. The van der Waals surface area contributed by atoms with E-state index in [0.29, 0.717) is 0 Å². The molecule has 26 heavy (non-hydrogen) atoms. The van der Waals surface area contributed by atoms with E-state index in [9.17, 15) is 0 Å². The molecule has 0 bridgehead atoms. The van der Waals surface area contributed by atoms with Gasteiger partial charge in [-0.3, -0.25) is 5.41 Å². The molecule has 0 saturated carbocycles. The van der Waals surface area contributed by atoms with Crippen LogP contribution >= 0.6 is 46.8 Å². The number of nitrogen functional groups attached to an aromatic ring is 1. The van der Waals surface area contributed by atoms with Crippen LogP contribution in [0.5, 0.6) is 0 Å². The van der Waals surface area contributed by atoms with E-state index >= 15 is 0 Å². The molecule has 8 heteroatoms. The predicted octanol–water partition coefficient (Wildman–Crippen LogP) is 6.00. The van der Waals surface area contributed by atoms with Crippen molar-refractivity contribution in [3.8, 4) is 11.3 Å². The molecule has 138 valence electrons.